The highest BCUT2D eigenvalue weighted by molar-refractivity contribution is 7.88. The Bertz CT molecular complexity index is 1170. The molecule has 1 amide bonds. The number of benzene rings is 1. The zero-order chi connectivity index (χ0) is 21.3. The molecule has 30 heavy (non-hydrogen) atoms. The minimum absolute atomic E-state index is 0.0953. The Morgan fingerprint density at radius 2 is 2.00 bits per heavy atom. The molecular formula is C21H23FN4O3S. The van der Waals surface area contributed by atoms with Crippen LogP contribution in [0.2, 0.25) is 0 Å². The summed E-state index contributed by atoms with van der Waals surface area (Å²) < 4.78 is 40.4. The van der Waals surface area contributed by atoms with Crippen molar-refractivity contribution in [2.24, 2.45) is 0 Å². The van der Waals surface area contributed by atoms with Gasteiger partial charge in [0.15, 0.2) is 5.69 Å². The van der Waals surface area contributed by atoms with Crippen LogP contribution < -0.4 is 5.32 Å². The van der Waals surface area contributed by atoms with E-state index in [1.807, 2.05) is 28.8 Å². The van der Waals surface area contributed by atoms with Crippen molar-refractivity contribution in [1.82, 2.24) is 19.0 Å². The summed E-state index contributed by atoms with van der Waals surface area (Å²) in [6.07, 6.45) is 4.60. The van der Waals surface area contributed by atoms with Crippen molar-refractivity contribution >= 4 is 21.4 Å². The number of carbonyl (C=O) groups is 1. The third kappa shape index (κ3) is 4.22. The Hall–Kier alpha value is -2.78. The summed E-state index contributed by atoms with van der Waals surface area (Å²) in [7, 11) is -3.28. The zero-order valence-electron chi connectivity index (χ0n) is 16.6. The first kappa shape index (κ1) is 20.5. The van der Waals surface area contributed by atoms with Crippen molar-refractivity contribution < 1.29 is 17.6 Å². The summed E-state index contributed by atoms with van der Waals surface area (Å²) in [5.74, 6) is -0.0663. The molecule has 1 aliphatic heterocycles. The topological polar surface area (TPSA) is 83.8 Å². The van der Waals surface area contributed by atoms with Crippen molar-refractivity contribution in [3.8, 4) is 0 Å². The first-order valence-corrected chi connectivity index (χ1v) is 11.6. The molecule has 0 aliphatic carbocycles. The molecule has 0 saturated carbocycles. The molecule has 0 bridgehead atoms. The van der Waals surface area contributed by atoms with Crippen LogP contribution in [0.3, 0.4) is 0 Å². The van der Waals surface area contributed by atoms with E-state index in [1.165, 1.54) is 22.7 Å². The van der Waals surface area contributed by atoms with E-state index in [4.69, 9.17) is 0 Å². The molecule has 1 atom stereocenters. The molecule has 0 spiro atoms. The van der Waals surface area contributed by atoms with Crippen LogP contribution in [0.25, 0.3) is 5.52 Å². The van der Waals surface area contributed by atoms with Crippen molar-refractivity contribution in [2.75, 3.05) is 19.3 Å². The summed E-state index contributed by atoms with van der Waals surface area (Å²) in [4.78, 5) is 17.5. The number of piperidine rings is 1. The maximum Gasteiger partial charge on any atom is 0.272 e. The number of amides is 1. The Labute approximate surface area is 174 Å². The van der Waals surface area contributed by atoms with E-state index < -0.39 is 10.0 Å². The number of fused-ring (bicyclic) bond motifs is 1. The van der Waals surface area contributed by atoms with Gasteiger partial charge in [-0.3, -0.25) is 4.79 Å². The van der Waals surface area contributed by atoms with Crippen molar-refractivity contribution in [3.05, 3.63) is 71.6 Å². The molecule has 7 nitrogen and oxygen atoms in total. The highest BCUT2D eigenvalue weighted by atomic mass is 32.2. The fourth-order valence-corrected chi connectivity index (χ4v) is 4.75. The highest BCUT2D eigenvalue weighted by Gasteiger charge is 2.30. The lowest BCUT2D eigenvalue weighted by Gasteiger charge is -2.30. The van der Waals surface area contributed by atoms with E-state index in [9.17, 15) is 17.6 Å². The Morgan fingerprint density at radius 1 is 1.23 bits per heavy atom. The van der Waals surface area contributed by atoms with Gasteiger partial charge in [-0.05, 0) is 42.7 Å². The standard InChI is InChI=1S/C21H23FN4O3S/c1-30(28,29)25-11-4-5-16(14-25)20-24-19(18-6-2-3-12-26(18)20)21(27)23-13-15-7-9-17(22)10-8-15/h2-3,6-10,12,16H,4-5,11,13-14H2,1H3,(H,23,27)/t16-/m1/s1. The van der Waals surface area contributed by atoms with Crippen LogP contribution in [0.15, 0.2) is 48.7 Å². The molecule has 0 unspecified atom stereocenters. The van der Waals surface area contributed by atoms with E-state index in [1.54, 1.807) is 12.1 Å². The smallest absolute Gasteiger partial charge is 0.272 e. The van der Waals surface area contributed by atoms with Gasteiger partial charge >= 0.3 is 0 Å². The number of nitrogens with zero attached hydrogens (tertiary/aromatic N) is 3. The Kier molecular flexibility index (Phi) is 5.57. The van der Waals surface area contributed by atoms with Crippen LogP contribution in [0, 0.1) is 5.82 Å². The lowest BCUT2D eigenvalue weighted by molar-refractivity contribution is 0.0948. The molecule has 4 rings (SSSR count). The van der Waals surface area contributed by atoms with Crippen LogP contribution in [0.1, 0.15) is 40.6 Å². The van der Waals surface area contributed by atoms with E-state index in [0.717, 1.165) is 18.4 Å². The van der Waals surface area contributed by atoms with Gasteiger partial charge in [0, 0.05) is 31.7 Å². The molecule has 9 heteroatoms. The molecular weight excluding hydrogens is 407 g/mol. The number of rotatable bonds is 5. The quantitative estimate of drug-likeness (QED) is 0.674. The largest absolute Gasteiger partial charge is 0.347 e. The summed E-state index contributed by atoms with van der Waals surface area (Å²) >= 11 is 0. The van der Waals surface area contributed by atoms with Crippen LogP contribution in [0.5, 0.6) is 0 Å². The predicted molar refractivity (Wildman–Crippen MR) is 111 cm³/mol. The van der Waals surface area contributed by atoms with Crippen LogP contribution in [-0.2, 0) is 16.6 Å². The van der Waals surface area contributed by atoms with Gasteiger partial charge in [0.25, 0.3) is 5.91 Å². The van der Waals surface area contributed by atoms with E-state index in [2.05, 4.69) is 10.3 Å². The van der Waals surface area contributed by atoms with E-state index in [-0.39, 0.29) is 24.2 Å². The molecule has 2 aromatic heterocycles. The maximum absolute atomic E-state index is 13.1. The van der Waals surface area contributed by atoms with Gasteiger partial charge in [-0.25, -0.2) is 22.1 Å². The molecule has 158 valence electrons. The van der Waals surface area contributed by atoms with E-state index >= 15 is 0 Å². The SMILES string of the molecule is CS(=O)(=O)N1CCC[C@@H](c2nc(C(=O)NCc3ccc(F)cc3)c3ccccn23)C1. The molecule has 0 radical (unpaired) electrons. The number of aromatic nitrogens is 2. The van der Waals surface area contributed by atoms with Gasteiger partial charge in [-0.1, -0.05) is 18.2 Å². The van der Waals surface area contributed by atoms with Crippen molar-refractivity contribution in [2.45, 2.75) is 25.3 Å². The lowest BCUT2D eigenvalue weighted by atomic mass is 9.99. The van der Waals surface area contributed by atoms with Crippen molar-refractivity contribution in [1.29, 1.82) is 0 Å². The van der Waals surface area contributed by atoms with Crippen LogP contribution >= 0.6 is 0 Å². The number of carbonyl (C=O) groups excluding carboxylic acids is 1. The first-order chi connectivity index (χ1) is 14.3. The number of nitrogens with one attached hydrogen (secondary N) is 1. The fraction of sp³-hybridized carbons (Fsp3) is 0.333. The second-order valence-corrected chi connectivity index (χ2v) is 9.53. The van der Waals surface area contributed by atoms with Gasteiger partial charge in [0.2, 0.25) is 10.0 Å². The molecule has 3 heterocycles. The maximum atomic E-state index is 13.1. The third-order valence-corrected chi connectivity index (χ3v) is 6.65. The Morgan fingerprint density at radius 3 is 2.73 bits per heavy atom. The minimum Gasteiger partial charge on any atom is -0.347 e. The fourth-order valence-electron chi connectivity index (χ4n) is 3.84. The molecule has 1 N–H and O–H groups in total. The van der Waals surface area contributed by atoms with Gasteiger partial charge in [0.1, 0.15) is 11.6 Å². The summed E-state index contributed by atoms with van der Waals surface area (Å²) in [6.45, 7) is 1.11. The van der Waals surface area contributed by atoms with Gasteiger partial charge in [0.05, 0.1) is 11.8 Å². The molecule has 3 aromatic rings. The van der Waals surface area contributed by atoms with Crippen LogP contribution in [0.4, 0.5) is 4.39 Å². The van der Waals surface area contributed by atoms with Crippen molar-refractivity contribution in [3.63, 3.8) is 0 Å². The number of hydrogen-bond acceptors (Lipinski definition) is 4. The average molecular weight is 431 g/mol. The van der Waals surface area contributed by atoms with Gasteiger partial charge in [-0.15, -0.1) is 0 Å². The average Bonchev–Trinajstić information content (AvgIpc) is 3.12. The van der Waals surface area contributed by atoms with Gasteiger partial charge < -0.3 is 9.72 Å². The normalized spacial score (nSPS) is 17.9. The number of halogens is 1. The monoisotopic (exact) mass is 430 g/mol. The molecule has 1 aliphatic rings. The summed E-state index contributed by atoms with van der Waals surface area (Å²) in [5, 5.41) is 2.83. The lowest BCUT2D eigenvalue weighted by Crippen LogP contribution is -2.38. The summed E-state index contributed by atoms with van der Waals surface area (Å²) in [6, 6.07) is 11.4. The first-order valence-electron chi connectivity index (χ1n) is 9.77. The highest BCUT2D eigenvalue weighted by Crippen LogP contribution is 2.29. The molecule has 1 fully saturated rings. The number of imidazole rings is 1. The number of hydrogen-bond donors (Lipinski definition) is 1. The second kappa shape index (κ2) is 8.16. The minimum atomic E-state index is -3.28. The van der Waals surface area contributed by atoms with Gasteiger partial charge in [-0.2, -0.15) is 0 Å². The number of pyridine rings is 1. The zero-order valence-corrected chi connectivity index (χ0v) is 17.4. The van der Waals surface area contributed by atoms with E-state index in [0.29, 0.717) is 30.1 Å². The summed E-state index contributed by atoms with van der Waals surface area (Å²) in [5.41, 5.74) is 1.74. The molecule has 1 saturated heterocycles. The third-order valence-electron chi connectivity index (χ3n) is 5.38. The van der Waals surface area contributed by atoms with Crippen LogP contribution in [-0.4, -0.2) is 47.4 Å². The second-order valence-electron chi connectivity index (χ2n) is 7.54. The predicted octanol–water partition coefficient (Wildman–Crippen LogP) is 2.54. The Balaban J connectivity index is 1.60. The molecule has 1 aromatic carbocycles. The number of sulfonamides is 1.